The second-order valence-corrected chi connectivity index (χ2v) is 4.44. The summed E-state index contributed by atoms with van der Waals surface area (Å²) in [6.07, 6.45) is 1.65. The van der Waals surface area contributed by atoms with Gasteiger partial charge in [0.15, 0.2) is 0 Å². The molecule has 2 nitrogen and oxygen atoms in total. The van der Waals surface area contributed by atoms with Gasteiger partial charge in [0.05, 0.1) is 0 Å². The summed E-state index contributed by atoms with van der Waals surface area (Å²) in [6.45, 7) is 4.36. The van der Waals surface area contributed by atoms with E-state index in [1.165, 1.54) is 5.56 Å². The van der Waals surface area contributed by atoms with E-state index in [2.05, 4.69) is 59.0 Å². The highest BCUT2D eigenvalue weighted by Gasteiger charge is 2.04. The van der Waals surface area contributed by atoms with E-state index in [0.717, 1.165) is 11.3 Å². The van der Waals surface area contributed by atoms with Gasteiger partial charge in [-0.3, -0.25) is 0 Å². The van der Waals surface area contributed by atoms with Gasteiger partial charge < -0.3 is 4.42 Å². The largest absolute Gasteiger partial charge is 0.439 e. The van der Waals surface area contributed by atoms with Crippen molar-refractivity contribution >= 4 is 15.9 Å². The third-order valence-electron chi connectivity index (χ3n) is 2.35. The topological polar surface area (TPSA) is 26.0 Å². The molecule has 0 radical (unpaired) electrons. The van der Waals surface area contributed by atoms with Gasteiger partial charge in [-0.25, -0.2) is 4.98 Å². The molecule has 0 amide bonds. The van der Waals surface area contributed by atoms with Crippen LogP contribution in [0.4, 0.5) is 0 Å². The standard InChI is InChI=1S/C12H12BrNO/c1-8(2)9-3-5-10(6-4-9)11-7-15-12(13)14-11/h3-8H,1-2H3. The van der Waals surface area contributed by atoms with Crippen LogP contribution in [0, 0.1) is 0 Å². The van der Waals surface area contributed by atoms with Crippen molar-refractivity contribution in [1.82, 2.24) is 4.98 Å². The van der Waals surface area contributed by atoms with Gasteiger partial charge in [-0.15, -0.1) is 0 Å². The molecule has 0 unspecified atom stereocenters. The lowest BCUT2D eigenvalue weighted by molar-refractivity contribution is 0.529. The Balaban J connectivity index is 2.31. The smallest absolute Gasteiger partial charge is 0.264 e. The van der Waals surface area contributed by atoms with Gasteiger partial charge in [-0.1, -0.05) is 38.1 Å². The third kappa shape index (κ3) is 2.29. The molecule has 0 aliphatic rings. The fourth-order valence-electron chi connectivity index (χ4n) is 1.42. The number of hydrogen-bond donors (Lipinski definition) is 0. The first-order valence-corrected chi connectivity index (χ1v) is 5.67. The minimum Gasteiger partial charge on any atom is -0.439 e. The van der Waals surface area contributed by atoms with Crippen LogP contribution >= 0.6 is 15.9 Å². The lowest BCUT2D eigenvalue weighted by atomic mass is 10.0. The monoisotopic (exact) mass is 265 g/mol. The maximum Gasteiger partial charge on any atom is 0.264 e. The summed E-state index contributed by atoms with van der Waals surface area (Å²) in [5, 5.41) is 0. The first kappa shape index (κ1) is 10.4. The molecule has 0 saturated carbocycles. The van der Waals surface area contributed by atoms with E-state index in [9.17, 15) is 0 Å². The van der Waals surface area contributed by atoms with E-state index in [1.54, 1.807) is 6.26 Å². The Hall–Kier alpha value is -1.09. The molecule has 0 spiro atoms. The summed E-state index contributed by atoms with van der Waals surface area (Å²) in [7, 11) is 0. The minimum absolute atomic E-state index is 0.519. The number of halogens is 1. The molecule has 0 fully saturated rings. The Bertz CT molecular complexity index is 445. The first-order valence-electron chi connectivity index (χ1n) is 4.88. The predicted molar refractivity (Wildman–Crippen MR) is 63.7 cm³/mol. The summed E-state index contributed by atoms with van der Waals surface area (Å²) in [4.78, 5) is 4.72. The number of benzene rings is 1. The van der Waals surface area contributed by atoms with Crippen LogP contribution in [0.5, 0.6) is 0 Å². The molecule has 3 heteroatoms. The molecule has 0 N–H and O–H groups in total. The number of oxazole rings is 1. The molecular weight excluding hydrogens is 254 g/mol. The van der Waals surface area contributed by atoms with Gasteiger partial charge in [-0.05, 0) is 11.5 Å². The summed E-state index contributed by atoms with van der Waals surface area (Å²) in [5.41, 5.74) is 3.27. The van der Waals surface area contributed by atoms with Crippen molar-refractivity contribution in [2.45, 2.75) is 19.8 Å². The van der Waals surface area contributed by atoms with Crippen molar-refractivity contribution in [2.75, 3.05) is 0 Å². The van der Waals surface area contributed by atoms with Gasteiger partial charge in [0.2, 0.25) is 0 Å². The quantitative estimate of drug-likeness (QED) is 0.813. The highest BCUT2D eigenvalue weighted by atomic mass is 79.9. The maximum absolute atomic E-state index is 5.10. The molecule has 1 aromatic heterocycles. The first-order chi connectivity index (χ1) is 7.16. The van der Waals surface area contributed by atoms with Crippen molar-refractivity contribution < 1.29 is 4.42 Å². The molecule has 2 rings (SSSR count). The lowest BCUT2D eigenvalue weighted by Crippen LogP contribution is -1.86. The molecular formula is C12H12BrNO. The summed E-state index contributed by atoms with van der Waals surface area (Å²) >= 11 is 3.19. The van der Waals surface area contributed by atoms with Gasteiger partial charge in [0.1, 0.15) is 12.0 Å². The fraction of sp³-hybridized carbons (Fsp3) is 0.250. The second-order valence-electron chi connectivity index (χ2n) is 3.76. The van der Waals surface area contributed by atoms with Crippen molar-refractivity contribution in [3.8, 4) is 11.3 Å². The SMILES string of the molecule is CC(C)c1ccc(-c2coc(Br)n2)cc1. The van der Waals surface area contributed by atoms with Crippen LogP contribution in [0.25, 0.3) is 11.3 Å². The molecule has 1 aromatic carbocycles. The highest BCUT2D eigenvalue weighted by Crippen LogP contribution is 2.23. The average molecular weight is 266 g/mol. The van der Waals surface area contributed by atoms with Crippen molar-refractivity contribution in [3.63, 3.8) is 0 Å². The van der Waals surface area contributed by atoms with Gasteiger partial charge in [0, 0.05) is 21.5 Å². The Kier molecular flexibility index (Phi) is 2.91. The van der Waals surface area contributed by atoms with Crippen LogP contribution in [0.15, 0.2) is 39.7 Å². The summed E-state index contributed by atoms with van der Waals surface area (Å²) in [5.74, 6) is 0.558. The van der Waals surface area contributed by atoms with Crippen LogP contribution in [-0.2, 0) is 0 Å². The lowest BCUT2D eigenvalue weighted by Gasteiger charge is -2.04. The summed E-state index contributed by atoms with van der Waals surface area (Å²) < 4.78 is 5.10. The van der Waals surface area contributed by atoms with E-state index < -0.39 is 0 Å². The van der Waals surface area contributed by atoms with Crippen molar-refractivity contribution in [3.05, 3.63) is 40.9 Å². The predicted octanol–water partition coefficient (Wildman–Crippen LogP) is 4.23. The number of hydrogen-bond acceptors (Lipinski definition) is 2. The van der Waals surface area contributed by atoms with Gasteiger partial charge >= 0.3 is 0 Å². The van der Waals surface area contributed by atoms with E-state index in [0.29, 0.717) is 10.7 Å². The average Bonchev–Trinajstić information content (AvgIpc) is 2.65. The van der Waals surface area contributed by atoms with Crippen LogP contribution < -0.4 is 0 Å². The summed E-state index contributed by atoms with van der Waals surface area (Å²) in [6, 6.07) is 8.39. The Morgan fingerprint density at radius 1 is 1.20 bits per heavy atom. The van der Waals surface area contributed by atoms with Crippen LogP contribution in [-0.4, -0.2) is 4.98 Å². The highest BCUT2D eigenvalue weighted by molar-refractivity contribution is 9.10. The molecule has 0 saturated heterocycles. The zero-order valence-corrected chi connectivity index (χ0v) is 10.3. The maximum atomic E-state index is 5.10. The molecule has 2 aromatic rings. The molecule has 1 heterocycles. The third-order valence-corrected chi connectivity index (χ3v) is 2.71. The van der Waals surface area contributed by atoms with Crippen molar-refractivity contribution in [2.24, 2.45) is 0 Å². The van der Waals surface area contributed by atoms with Crippen LogP contribution in [0.2, 0.25) is 0 Å². The Morgan fingerprint density at radius 3 is 2.33 bits per heavy atom. The zero-order chi connectivity index (χ0) is 10.8. The minimum atomic E-state index is 0.519. The van der Waals surface area contributed by atoms with Crippen LogP contribution in [0.1, 0.15) is 25.3 Å². The van der Waals surface area contributed by atoms with E-state index >= 15 is 0 Å². The number of aromatic nitrogens is 1. The number of rotatable bonds is 2. The van der Waals surface area contributed by atoms with E-state index in [1.807, 2.05) is 0 Å². The molecule has 0 atom stereocenters. The van der Waals surface area contributed by atoms with Gasteiger partial charge in [0.25, 0.3) is 4.80 Å². The van der Waals surface area contributed by atoms with Gasteiger partial charge in [-0.2, -0.15) is 0 Å². The zero-order valence-electron chi connectivity index (χ0n) is 8.70. The second kappa shape index (κ2) is 4.19. The molecule has 0 aliphatic heterocycles. The Morgan fingerprint density at radius 2 is 1.87 bits per heavy atom. The molecule has 78 valence electrons. The molecule has 0 aliphatic carbocycles. The Labute approximate surface area is 97.5 Å². The molecule has 0 bridgehead atoms. The number of nitrogens with zero attached hydrogens (tertiary/aromatic N) is 1. The van der Waals surface area contributed by atoms with Crippen LogP contribution in [0.3, 0.4) is 0 Å². The fourth-order valence-corrected chi connectivity index (χ4v) is 1.71. The van der Waals surface area contributed by atoms with Crippen molar-refractivity contribution in [1.29, 1.82) is 0 Å². The van der Waals surface area contributed by atoms with E-state index in [4.69, 9.17) is 4.42 Å². The molecule has 15 heavy (non-hydrogen) atoms. The van der Waals surface area contributed by atoms with E-state index in [-0.39, 0.29) is 0 Å². The normalized spacial score (nSPS) is 10.9.